The summed E-state index contributed by atoms with van der Waals surface area (Å²) in [6, 6.07) is 7.90. The van der Waals surface area contributed by atoms with E-state index in [1.165, 1.54) is 0 Å². The van der Waals surface area contributed by atoms with E-state index in [1.807, 2.05) is 24.3 Å². The normalized spacial score (nSPS) is 10.7. The number of hydrogen-bond donors (Lipinski definition) is 2. The topological polar surface area (TPSA) is 64.1 Å². The Labute approximate surface area is 161 Å². The molecule has 0 aliphatic carbocycles. The van der Waals surface area contributed by atoms with Crippen molar-refractivity contribution in [1.29, 1.82) is 0 Å². The number of guanidine groups is 1. The molecule has 1 aromatic carbocycles. The van der Waals surface area contributed by atoms with Crippen LogP contribution in [0.25, 0.3) is 0 Å². The van der Waals surface area contributed by atoms with Crippen LogP contribution in [0.1, 0.15) is 5.56 Å². The van der Waals surface area contributed by atoms with Gasteiger partial charge in [-0.3, -0.25) is 4.99 Å². The van der Waals surface area contributed by atoms with Gasteiger partial charge in [-0.15, -0.1) is 24.0 Å². The Morgan fingerprint density at radius 2 is 2.00 bits per heavy atom. The molecule has 0 radical (unpaired) electrons. The number of nitrogens with one attached hydrogen (secondary N) is 2. The number of aliphatic imine (C=N–C) groups is 1. The predicted octanol–water partition coefficient (Wildman–Crippen LogP) is 2.20. The molecule has 1 rings (SSSR count). The average Bonchev–Trinajstić information content (AvgIpc) is 2.59. The van der Waals surface area contributed by atoms with Crippen LogP contribution in [-0.4, -0.2) is 53.1 Å². The number of methoxy groups -OCH3 is 1. The molecule has 6 nitrogen and oxygen atoms in total. The fourth-order valence-electron chi connectivity index (χ4n) is 1.82. The van der Waals surface area contributed by atoms with Crippen LogP contribution in [0.2, 0.25) is 0 Å². The fourth-order valence-corrected chi connectivity index (χ4v) is 1.82. The van der Waals surface area contributed by atoms with Crippen molar-refractivity contribution < 1.29 is 14.2 Å². The third-order valence-electron chi connectivity index (χ3n) is 2.97. The van der Waals surface area contributed by atoms with E-state index in [0.717, 1.165) is 17.3 Å². The summed E-state index contributed by atoms with van der Waals surface area (Å²) in [5, 5.41) is 6.45. The van der Waals surface area contributed by atoms with Gasteiger partial charge in [0.2, 0.25) is 0 Å². The van der Waals surface area contributed by atoms with Crippen molar-refractivity contribution >= 4 is 29.9 Å². The van der Waals surface area contributed by atoms with Gasteiger partial charge in [0.15, 0.2) is 5.96 Å². The molecule has 0 aromatic heterocycles. The van der Waals surface area contributed by atoms with Crippen LogP contribution in [0, 0.1) is 0 Å². The minimum atomic E-state index is 0. The zero-order valence-corrected chi connectivity index (χ0v) is 16.7. The molecule has 1 aromatic rings. The smallest absolute Gasteiger partial charge is 0.191 e. The van der Waals surface area contributed by atoms with E-state index in [9.17, 15) is 0 Å². The van der Waals surface area contributed by atoms with Crippen LogP contribution in [0.4, 0.5) is 0 Å². The highest BCUT2D eigenvalue weighted by Crippen LogP contribution is 2.17. The van der Waals surface area contributed by atoms with Crippen LogP contribution >= 0.6 is 24.0 Å². The fraction of sp³-hybridized carbons (Fsp3) is 0.471. The van der Waals surface area contributed by atoms with Crippen LogP contribution in [0.15, 0.2) is 41.9 Å². The molecule has 136 valence electrons. The first-order chi connectivity index (χ1) is 11.3. The SMILES string of the molecule is C=CCOc1ccccc1CNC(=NC)NCCOCCOC.I. The maximum absolute atomic E-state index is 5.64. The highest BCUT2D eigenvalue weighted by atomic mass is 127. The van der Waals surface area contributed by atoms with Gasteiger partial charge < -0.3 is 24.8 Å². The second kappa shape index (κ2) is 15.2. The van der Waals surface area contributed by atoms with Crippen molar-refractivity contribution in [3.63, 3.8) is 0 Å². The third kappa shape index (κ3) is 9.74. The van der Waals surface area contributed by atoms with E-state index in [-0.39, 0.29) is 24.0 Å². The van der Waals surface area contributed by atoms with Gasteiger partial charge in [-0.25, -0.2) is 0 Å². The summed E-state index contributed by atoms with van der Waals surface area (Å²) in [5.74, 6) is 1.57. The number of halogens is 1. The molecule has 0 atom stereocenters. The first-order valence-electron chi connectivity index (χ1n) is 7.64. The molecule has 0 saturated carbocycles. The van der Waals surface area contributed by atoms with Crippen molar-refractivity contribution in [3.05, 3.63) is 42.5 Å². The molecular formula is C17H28IN3O3. The maximum atomic E-state index is 5.64. The average molecular weight is 449 g/mol. The Balaban J connectivity index is 0.00000529. The number of ether oxygens (including phenoxy) is 3. The molecule has 7 heteroatoms. The van der Waals surface area contributed by atoms with Crippen LogP contribution in [0.5, 0.6) is 5.75 Å². The number of hydrogen-bond acceptors (Lipinski definition) is 4. The molecule has 0 unspecified atom stereocenters. The van der Waals surface area contributed by atoms with E-state index in [4.69, 9.17) is 14.2 Å². The van der Waals surface area contributed by atoms with E-state index in [2.05, 4.69) is 22.2 Å². The molecule has 0 amide bonds. The molecule has 24 heavy (non-hydrogen) atoms. The van der Waals surface area contributed by atoms with E-state index < -0.39 is 0 Å². The summed E-state index contributed by atoms with van der Waals surface area (Å²) in [6.07, 6.45) is 1.73. The maximum Gasteiger partial charge on any atom is 0.191 e. The number of benzene rings is 1. The van der Waals surface area contributed by atoms with Gasteiger partial charge in [0, 0.05) is 32.8 Å². The monoisotopic (exact) mass is 449 g/mol. The molecular weight excluding hydrogens is 421 g/mol. The molecule has 0 spiro atoms. The molecule has 0 saturated heterocycles. The van der Waals surface area contributed by atoms with E-state index in [0.29, 0.717) is 39.5 Å². The van der Waals surface area contributed by atoms with Gasteiger partial charge in [0.1, 0.15) is 12.4 Å². The zero-order chi connectivity index (χ0) is 16.8. The minimum absolute atomic E-state index is 0. The second-order valence-electron chi connectivity index (χ2n) is 4.67. The van der Waals surface area contributed by atoms with Gasteiger partial charge >= 0.3 is 0 Å². The summed E-state index contributed by atoms with van der Waals surface area (Å²) in [6.45, 7) is 7.26. The van der Waals surface area contributed by atoms with Crippen molar-refractivity contribution in [2.75, 3.05) is 47.1 Å². The summed E-state index contributed by atoms with van der Waals surface area (Å²) in [4.78, 5) is 4.19. The largest absolute Gasteiger partial charge is 0.489 e. The lowest BCUT2D eigenvalue weighted by Gasteiger charge is -2.14. The first kappa shape index (κ1) is 22.7. The Kier molecular flexibility index (Phi) is 14.4. The second-order valence-corrected chi connectivity index (χ2v) is 4.67. The van der Waals surface area contributed by atoms with Crippen molar-refractivity contribution in [3.8, 4) is 5.75 Å². The van der Waals surface area contributed by atoms with E-state index >= 15 is 0 Å². The third-order valence-corrected chi connectivity index (χ3v) is 2.97. The van der Waals surface area contributed by atoms with Gasteiger partial charge in [-0.05, 0) is 6.07 Å². The molecule has 2 N–H and O–H groups in total. The number of nitrogens with zero attached hydrogens (tertiary/aromatic N) is 1. The summed E-state index contributed by atoms with van der Waals surface area (Å²) in [7, 11) is 3.39. The standard InChI is InChI=1S/C17H27N3O3.HI/c1-4-10-23-16-8-6-5-7-15(16)14-20-17(18-2)19-9-11-22-13-12-21-3;/h4-8H,1,9-14H2,2-3H3,(H2,18,19,20);1H. The van der Waals surface area contributed by atoms with Crippen LogP contribution in [-0.2, 0) is 16.0 Å². The molecule has 0 aliphatic heterocycles. The van der Waals surface area contributed by atoms with Gasteiger partial charge in [0.05, 0.1) is 19.8 Å². The molecule has 0 bridgehead atoms. The summed E-state index contributed by atoms with van der Waals surface area (Å²) >= 11 is 0. The van der Waals surface area contributed by atoms with Crippen molar-refractivity contribution in [2.24, 2.45) is 4.99 Å². The molecule has 0 fully saturated rings. The van der Waals surface area contributed by atoms with Crippen molar-refractivity contribution in [2.45, 2.75) is 6.54 Å². The van der Waals surface area contributed by atoms with Gasteiger partial charge in [-0.2, -0.15) is 0 Å². The Bertz CT molecular complexity index is 484. The lowest BCUT2D eigenvalue weighted by atomic mass is 10.2. The Morgan fingerprint density at radius 3 is 2.71 bits per heavy atom. The van der Waals surface area contributed by atoms with Crippen LogP contribution in [0.3, 0.4) is 0 Å². The minimum Gasteiger partial charge on any atom is -0.489 e. The van der Waals surface area contributed by atoms with Gasteiger partial charge in [0.25, 0.3) is 0 Å². The Hall–Kier alpha value is -1.32. The summed E-state index contributed by atoms with van der Waals surface area (Å²) < 4.78 is 16.0. The predicted molar refractivity (Wildman–Crippen MR) is 108 cm³/mol. The molecule has 0 heterocycles. The quantitative estimate of drug-likeness (QED) is 0.178. The summed E-state index contributed by atoms with van der Waals surface area (Å²) in [5.41, 5.74) is 1.06. The van der Waals surface area contributed by atoms with Crippen LogP contribution < -0.4 is 15.4 Å². The number of rotatable bonds is 11. The highest BCUT2D eigenvalue weighted by Gasteiger charge is 2.04. The lowest BCUT2D eigenvalue weighted by Crippen LogP contribution is -2.38. The number of para-hydroxylation sites is 1. The molecule has 0 aliphatic rings. The van der Waals surface area contributed by atoms with E-state index in [1.54, 1.807) is 20.2 Å². The first-order valence-corrected chi connectivity index (χ1v) is 7.64. The van der Waals surface area contributed by atoms with Gasteiger partial charge in [-0.1, -0.05) is 30.9 Å². The zero-order valence-electron chi connectivity index (χ0n) is 14.4. The lowest BCUT2D eigenvalue weighted by molar-refractivity contribution is 0.0733. The van der Waals surface area contributed by atoms with Crippen molar-refractivity contribution in [1.82, 2.24) is 10.6 Å². The highest BCUT2D eigenvalue weighted by molar-refractivity contribution is 14.0. The Morgan fingerprint density at radius 1 is 1.21 bits per heavy atom.